The number of hydrogen-bond acceptors (Lipinski definition) is 20. The van der Waals surface area contributed by atoms with Crippen LogP contribution in [0.15, 0.2) is 146 Å². The molecule has 20 aliphatic rings. The number of ether oxygens (including phenoxy) is 20. The lowest BCUT2D eigenvalue weighted by molar-refractivity contribution is 0.281. The second-order valence-electron chi connectivity index (χ2n) is 28.5. The average Bonchev–Trinajstić information content (AvgIpc) is 0.870. The Hall–Kier alpha value is -12.6. The molecule has 11 aromatic rings. The van der Waals surface area contributed by atoms with E-state index in [2.05, 4.69) is 24.3 Å². The van der Waals surface area contributed by atoms with Crippen molar-refractivity contribution in [1.82, 2.24) is 0 Å². The first-order valence-electron chi connectivity index (χ1n) is 38.2. The molecule has 20 nitrogen and oxygen atoms in total. The van der Waals surface area contributed by atoms with Crippen LogP contribution in [0.1, 0.15) is 122 Å². The lowest BCUT2D eigenvalue weighted by Gasteiger charge is -2.21. The van der Waals surface area contributed by atoms with Crippen molar-refractivity contribution < 1.29 is 94.7 Å². The van der Waals surface area contributed by atoms with E-state index in [9.17, 15) is 0 Å². The van der Waals surface area contributed by atoms with Gasteiger partial charge in [0.1, 0.15) is 128 Å². The van der Waals surface area contributed by atoms with Crippen molar-refractivity contribution >= 4 is 0 Å². The Bertz CT molecular complexity index is 5070. The summed E-state index contributed by atoms with van der Waals surface area (Å²) in [5, 5.41) is 0. The second-order valence-corrected chi connectivity index (χ2v) is 28.5. The van der Waals surface area contributed by atoms with Gasteiger partial charge in [-0.15, -0.1) is 0 Å². The fraction of sp³-hybridized carbons (Fsp3) is 0.312. The molecule has 0 aliphatic heterocycles. The minimum atomic E-state index is 0.138. The summed E-state index contributed by atoms with van der Waals surface area (Å²) in [4.78, 5) is 0. The molecular formula is C96H102O20. The molecule has 606 valence electrons. The van der Waals surface area contributed by atoms with Crippen LogP contribution in [0.3, 0.4) is 0 Å². The van der Waals surface area contributed by atoms with Gasteiger partial charge in [-0.25, -0.2) is 0 Å². The summed E-state index contributed by atoms with van der Waals surface area (Å²) in [5.74, 6) is 13.1. The maximum absolute atomic E-state index is 7.26. The third-order valence-electron chi connectivity index (χ3n) is 22.1. The van der Waals surface area contributed by atoms with Gasteiger partial charge in [0.2, 0.25) is 0 Å². The van der Waals surface area contributed by atoms with E-state index in [0.29, 0.717) is 179 Å². The monoisotopic (exact) mass is 1570 g/mol. The van der Waals surface area contributed by atoms with Crippen molar-refractivity contribution in [2.45, 2.75) is 77.4 Å². The van der Waals surface area contributed by atoms with E-state index >= 15 is 0 Å². The van der Waals surface area contributed by atoms with Crippen LogP contribution in [0.25, 0.3) is 0 Å². The summed E-state index contributed by atoms with van der Waals surface area (Å²) in [5.41, 5.74) is 19.1. The molecule has 20 bridgehead atoms. The van der Waals surface area contributed by atoms with Crippen LogP contribution >= 0.6 is 0 Å². The Morgan fingerprint density at radius 3 is 0.345 bits per heavy atom. The summed E-state index contributed by atoms with van der Waals surface area (Å²) in [6, 6.07) is 48.7. The van der Waals surface area contributed by atoms with Gasteiger partial charge in [0.15, 0.2) is 0 Å². The van der Waals surface area contributed by atoms with Gasteiger partial charge in [0.25, 0.3) is 0 Å². The van der Waals surface area contributed by atoms with Crippen molar-refractivity contribution in [2.24, 2.45) is 0 Å². The van der Waals surface area contributed by atoms with E-state index in [1.807, 2.05) is 121 Å². The highest BCUT2D eigenvalue weighted by Crippen LogP contribution is 2.47. The largest absolute Gasteiger partial charge is 0.496 e. The summed E-state index contributed by atoms with van der Waals surface area (Å²) in [6.45, 7) is 0.276. The molecule has 0 amide bonds. The van der Waals surface area contributed by atoms with Crippen LogP contribution in [-0.4, -0.2) is 128 Å². The van der Waals surface area contributed by atoms with Gasteiger partial charge >= 0.3 is 0 Å². The number of methoxy groups -OCH3 is 18. The molecule has 20 aliphatic carbocycles. The molecule has 20 heteroatoms. The highest BCUT2D eigenvalue weighted by Gasteiger charge is 2.28. The molecule has 0 spiro atoms. The zero-order chi connectivity index (χ0) is 81.8. The van der Waals surface area contributed by atoms with Crippen LogP contribution in [0.5, 0.6) is 115 Å². The molecule has 0 heterocycles. The minimum Gasteiger partial charge on any atom is -0.496 e. The van der Waals surface area contributed by atoms with Crippen LogP contribution in [0.4, 0.5) is 0 Å². The Morgan fingerprint density at radius 1 is 0.147 bits per heavy atom. The first kappa shape index (κ1) is 81.4. The quantitative estimate of drug-likeness (QED) is 0.0556. The molecule has 116 heavy (non-hydrogen) atoms. The second kappa shape index (κ2) is 36.7. The zero-order valence-electron chi connectivity index (χ0n) is 69.5. The van der Waals surface area contributed by atoms with E-state index in [0.717, 1.165) is 122 Å². The van der Waals surface area contributed by atoms with Crippen LogP contribution in [0.2, 0.25) is 0 Å². The van der Waals surface area contributed by atoms with Gasteiger partial charge in [-0.05, 0) is 132 Å². The van der Waals surface area contributed by atoms with E-state index < -0.39 is 0 Å². The van der Waals surface area contributed by atoms with E-state index in [4.69, 9.17) is 94.7 Å². The molecule has 0 aromatic heterocycles. The van der Waals surface area contributed by atoms with E-state index in [-0.39, 0.29) is 13.2 Å². The topological polar surface area (TPSA) is 185 Å². The summed E-state index contributed by atoms with van der Waals surface area (Å²) < 4.78 is 127. The Balaban J connectivity index is 0.910. The molecule has 0 fully saturated rings. The van der Waals surface area contributed by atoms with E-state index in [1.165, 1.54) is 0 Å². The summed E-state index contributed by atoms with van der Waals surface area (Å²) in [7, 11) is 30.1. The fourth-order valence-corrected chi connectivity index (χ4v) is 16.1. The maximum atomic E-state index is 7.26. The molecule has 0 saturated carbocycles. The van der Waals surface area contributed by atoms with Crippen molar-refractivity contribution in [3.8, 4) is 115 Å². The normalized spacial score (nSPS) is 12.3. The van der Waals surface area contributed by atoms with Crippen LogP contribution < -0.4 is 94.7 Å². The molecule has 0 unspecified atom stereocenters. The lowest BCUT2D eigenvalue weighted by atomic mass is 9.94. The highest BCUT2D eigenvalue weighted by molar-refractivity contribution is 5.64. The Kier molecular flexibility index (Phi) is 25.8. The van der Waals surface area contributed by atoms with Crippen molar-refractivity contribution in [2.75, 3.05) is 128 Å². The molecule has 31 rings (SSSR count). The minimum absolute atomic E-state index is 0.138. The molecule has 11 aromatic carbocycles. The van der Waals surface area contributed by atoms with Crippen LogP contribution in [0, 0.1) is 0 Å². The standard InChI is InChI=1S/C96H102O20/c1-97-77-37-61-25-65-41-87(107-11)69(45-85(65)105-9)29-73-51-95(75(49-93(73)113-17)31-71-47-89(109-13)67(43-91(71)111-15)27-63-39-81(101-5)59(35-83(63)103-7)23-57(77)33-79(61)99-3)115-53-55-21-19-20-22-56(55)54-116-96-52-74-30-70-46-86(106-10)66(42-88(70)108-12)26-62-38-78(98-2)58(34-80(62)100-4)24-60-36-84(104-8)64(40-82(60)102-6)28-68-44-92(112-16)72(48-90(68)110-14)32-76(96)50-94(74)114-18/h19-22,33-52H,23-32,53-54H2,1-18H3. The Morgan fingerprint density at radius 2 is 0.241 bits per heavy atom. The third-order valence-corrected chi connectivity index (χ3v) is 22.1. The van der Waals surface area contributed by atoms with Gasteiger partial charge in [-0.3, -0.25) is 0 Å². The molecule has 0 atom stereocenters. The smallest absolute Gasteiger partial charge is 0.123 e. The molecular weight excluding hydrogens is 1470 g/mol. The fourth-order valence-electron chi connectivity index (χ4n) is 16.1. The predicted octanol–water partition coefficient (Wildman–Crippen LogP) is 17.5. The van der Waals surface area contributed by atoms with Gasteiger partial charge in [-0.2, -0.15) is 0 Å². The zero-order valence-corrected chi connectivity index (χ0v) is 69.5. The number of benzene rings is 11. The van der Waals surface area contributed by atoms with E-state index in [1.54, 1.807) is 128 Å². The number of hydrogen-bond donors (Lipinski definition) is 0. The first-order valence-corrected chi connectivity index (χ1v) is 38.2. The maximum Gasteiger partial charge on any atom is 0.123 e. The molecule has 0 N–H and O–H groups in total. The predicted molar refractivity (Wildman–Crippen MR) is 446 cm³/mol. The number of rotatable bonds is 24. The van der Waals surface area contributed by atoms with Crippen molar-refractivity contribution in [3.63, 3.8) is 0 Å². The summed E-state index contributed by atoms with van der Waals surface area (Å²) >= 11 is 0. The Labute approximate surface area is 679 Å². The van der Waals surface area contributed by atoms with Gasteiger partial charge < -0.3 is 94.7 Å². The van der Waals surface area contributed by atoms with Gasteiger partial charge in [0, 0.05) is 175 Å². The third kappa shape index (κ3) is 17.1. The van der Waals surface area contributed by atoms with Crippen molar-refractivity contribution in [1.29, 1.82) is 0 Å². The molecule has 0 saturated heterocycles. The van der Waals surface area contributed by atoms with Crippen molar-refractivity contribution in [3.05, 3.63) is 268 Å². The van der Waals surface area contributed by atoms with Crippen LogP contribution in [-0.2, 0) is 77.4 Å². The molecule has 0 radical (unpaired) electrons. The van der Waals surface area contributed by atoms with Gasteiger partial charge in [-0.1, -0.05) is 24.3 Å². The summed E-state index contributed by atoms with van der Waals surface area (Å²) in [6.07, 6.45) is 4.04. The average molecular weight is 1580 g/mol. The van der Waals surface area contributed by atoms with Gasteiger partial charge in [0.05, 0.1) is 128 Å². The SMILES string of the molecule is COc1cc2c(OC)cc1Cc1cc(OC)c(cc1OC)Cc1cc(OC)c(cc1OC)Cc1cc(OC)c(cc1OCc1ccccc1COc1cc3c(OC)cc1Cc1cc(OC)c(cc1OC)Cc1cc(OC)c(cc1OC)Cc1cc(OC)c(cc1OC)Cc1cc(OC)c(cc1OC)C3)Cc1cc(OC)c(cc1OC)C2. The lowest BCUT2D eigenvalue weighted by Crippen LogP contribution is -2.08. The highest BCUT2D eigenvalue weighted by atomic mass is 16.5. The first-order chi connectivity index (χ1) is 56.5.